The summed E-state index contributed by atoms with van der Waals surface area (Å²) in [5, 5.41) is 2.52. The molecule has 134 valence electrons. The Balaban J connectivity index is 2.24. The SMILES string of the molecule is COC(=O)c1ccc(C(=O)OC)c(NC(=O)C=Cc2ccc(F)cc2)c1. The Morgan fingerprint density at radius 1 is 0.962 bits per heavy atom. The number of anilines is 1. The van der Waals surface area contributed by atoms with Crippen LogP contribution in [-0.4, -0.2) is 32.1 Å². The van der Waals surface area contributed by atoms with Crippen LogP contribution in [0.2, 0.25) is 0 Å². The zero-order valence-electron chi connectivity index (χ0n) is 14.1. The smallest absolute Gasteiger partial charge is 0.339 e. The fourth-order valence-electron chi connectivity index (χ4n) is 2.10. The van der Waals surface area contributed by atoms with Gasteiger partial charge in [-0.05, 0) is 42.0 Å². The van der Waals surface area contributed by atoms with E-state index in [1.165, 1.54) is 68.8 Å². The van der Waals surface area contributed by atoms with Crippen molar-refractivity contribution in [2.75, 3.05) is 19.5 Å². The third kappa shape index (κ3) is 4.76. The molecule has 6 nitrogen and oxygen atoms in total. The van der Waals surface area contributed by atoms with E-state index >= 15 is 0 Å². The van der Waals surface area contributed by atoms with Crippen LogP contribution in [0.15, 0.2) is 48.5 Å². The number of esters is 2. The van der Waals surface area contributed by atoms with Gasteiger partial charge in [0, 0.05) is 6.08 Å². The molecule has 2 aromatic rings. The van der Waals surface area contributed by atoms with Gasteiger partial charge in [-0.3, -0.25) is 4.79 Å². The standard InChI is InChI=1S/C19H16FNO5/c1-25-18(23)13-6-9-15(19(24)26-2)16(11-13)21-17(22)10-5-12-3-7-14(20)8-4-12/h3-11H,1-2H3,(H,21,22). The largest absolute Gasteiger partial charge is 0.465 e. The van der Waals surface area contributed by atoms with Crippen LogP contribution in [0.4, 0.5) is 10.1 Å². The highest BCUT2D eigenvalue weighted by atomic mass is 19.1. The second kappa shape index (κ2) is 8.57. The first kappa shape index (κ1) is 18.9. The molecule has 26 heavy (non-hydrogen) atoms. The molecule has 0 atom stereocenters. The van der Waals surface area contributed by atoms with Crippen LogP contribution < -0.4 is 5.32 Å². The molecule has 1 N–H and O–H groups in total. The first-order chi connectivity index (χ1) is 12.4. The van der Waals surface area contributed by atoms with Crippen LogP contribution in [0.25, 0.3) is 6.08 Å². The Morgan fingerprint density at radius 3 is 2.23 bits per heavy atom. The number of carbonyl (C=O) groups excluding carboxylic acids is 3. The Kier molecular flexibility index (Phi) is 6.21. The zero-order valence-corrected chi connectivity index (χ0v) is 14.1. The molecular weight excluding hydrogens is 341 g/mol. The van der Waals surface area contributed by atoms with E-state index < -0.39 is 17.8 Å². The van der Waals surface area contributed by atoms with Gasteiger partial charge >= 0.3 is 11.9 Å². The van der Waals surface area contributed by atoms with Crippen LogP contribution in [0.5, 0.6) is 0 Å². The van der Waals surface area contributed by atoms with Gasteiger partial charge in [-0.2, -0.15) is 0 Å². The Bertz CT molecular complexity index is 859. The Labute approximate surface area is 149 Å². The molecule has 0 bridgehead atoms. The molecule has 0 aliphatic rings. The van der Waals surface area contributed by atoms with Gasteiger partial charge in [0.2, 0.25) is 5.91 Å². The number of hydrogen-bond donors (Lipinski definition) is 1. The van der Waals surface area contributed by atoms with Gasteiger partial charge in [0.25, 0.3) is 0 Å². The molecule has 0 aliphatic heterocycles. The number of ether oxygens (including phenoxy) is 2. The summed E-state index contributed by atoms with van der Waals surface area (Å²) in [6.45, 7) is 0. The van der Waals surface area contributed by atoms with Crippen molar-refractivity contribution in [1.82, 2.24) is 0 Å². The zero-order chi connectivity index (χ0) is 19.1. The van der Waals surface area contributed by atoms with Crippen molar-refractivity contribution >= 4 is 29.6 Å². The van der Waals surface area contributed by atoms with E-state index in [1.807, 2.05) is 0 Å². The van der Waals surface area contributed by atoms with E-state index in [0.29, 0.717) is 5.56 Å². The molecule has 0 radical (unpaired) electrons. The maximum atomic E-state index is 12.9. The monoisotopic (exact) mass is 357 g/mol. The summed E-state index contributed by atoms with van der Waals surface area (Å²) in [5.41, 5.74) is 0.980. The molecule has 0 saturated heterocycles. The fourth-order valence-corrected chi connectivity index (χ4v) is 2.10. The van der Waals surface area contributed by atoms with E-state index in [9.17, 15) is 18.8 Å². The summed E-state index contributed by atoms with van der Waals surface area (Å²) in [7, 11) is 2.43. The highest BCUT2D eigenvalue weighted by Crippen LogP contribution is 2.20. The number of amides is 1. The molecule has 2 aromatic carbocycles. The number of benzene rings is 2. The van der Waals surface area contributed by atoms with E-state index in [-0.39, 0.29) is 22.6 Å². The lowest BCUT2D eigenvalue weighted by molar-refractivity contribution is -0.111. The van der Waals surface area contributed by atoms with Crippen LogP contribution in [0.1, 0.15) is 26.3 Å². The van der Waals surface area contributed by atoms with Crippen molar-refractivity contribution in [3.63, 3.8) is 0 Å². The van der Waals surface area contributed by atoms with Crippen molar-refractivity contribution in [3.8, 4) is 0 Å². The lowest BCUT2D eigenvalue weighted by Gasteiger charge is -2.10. The van der Waals surface area contributed by atoms with E-state index in [2.05, 4.69) is 14.8 Å². The number of methoxy groups -OCH3 is 2. The maximum Gasteiger partial charge on any atom is 0.339 e. The summed E-state index contributed by atoms with van der Waals surface area (Å²) >= 11 is 0. The number of rotatable bonds is 5. The minimum Gasteiger partial charge on any atom is -0.465 e. The van der Waals surface area contributed by atoms with Gasteiger partial charge < -0.3 is 14.8 Å². The second-order valence-electron chi connectivity index (χ2n) is 5.12. The molecule has 0 spiro atoms. The highest BCUT2D eigenvalue weighted by Gasteiger charge is 2.16. The van der Waals surface area contributed by atoms with Crippen LogP contribution in [-0.2, 0) is 14.3 Å². The van der Waals surface area contributed by atoms with Crippen molar-refractivity contribution in [2.45, 2.75) is 0 Å². The molecule has 1 amide bonds. The quantitative estimate of drug-likeness (QED) is 0.657. The van der Waals surface area contributed by atoms with E-state index in [1.54, 1.807) is 0 Å². The molecule has 0 heterocycles. The topological polar surface area (TPSA) is 81.7 Å². The third-order valence-corrected chi connectivity index (χ3v) is 3.40. The molecule has 0 fully saturated rings. The predicted molar refractivity (Wildman–Crippen MR) is 93.2 cm³/mol. The van der Waals surface area contributed by atoms with Crippen molar-refractivity contribution < 1.29 is 28.2 Å². The number of hydrogen-bond acceptors (Lipinski definition) is 5. The average molecular weight is 357 g/mol. The summed E-state index contributed by atoms with van der Waals surface area (Å²) in [6, 6.07) is 9.63. The Hall–Kier alpha value is -3.48. The molecule has 0 saturated carbocycles. The van der Waals surface area contributed by atoms with E-state index in [0.717, 1.165) is 0 Å². The minimum atomic E-state index is -0.667. The number of carbonyl (C=O) groups is 3. The first-order valence-corrected chi connectivity index (χ1v) is 7.50. The highest BCUT2D eigenvalue weighted by molar-refractivity contribution is 6.07. The van der Waals surface area contributed by atoms with Gasteiger partial charge in [0.15, 0.2) is 0 Å². The molecule has 0 aromatic heterocycles. The fraction of sp³-hybridized carbons (Fsp3) is 0.105. The van der Waals surface area contributed by atoms with E-state index in [4.69, 9.17) is 0 Å². The van der Waals surface area contributed by atoms with Gasteiger partial charge in [0.05, 0.1) is 31.0 Å². The van der Waals surface area contributed by atoms with Crippen molar-refractivity contribution in [2.24, 2.45) is 0 Å². The Morgan fingerprint density at radius 2 is 1.62 bits per heavy atom. The van der Waals surface area contributed by atoms with Crippen molar-refractivity contribution in [1.29, 1.82) is 0 Å². The first-order valence-electron chi connectivity index (χ1n) is 7.50. The third-order valence-electron chi connectivity index (χ3n) is 3.40. The molecule has 0 unspecified atom stereocenters. The normalized spacial score (nSPS) is 10.4. The number of nitrogens with one attached hydrogen (secondary N) is 1. The predicted octanol–water partition coefficient (Wildman–Crippen LogP) is 3.05. The molecule has 7 heteroatoms. The summed E-state index contributed by atoms with van der Waals surface area (Å²) in [5.74, 6) is -2.20. The lowest BCUT2D eigenvalue weighted by atomic mass is 10.1. The number of halogens is 1. The van der Waals surface area contributed by atoms with Gasteiger partial charge in [-0.1, -0.05) is 12.1 Å². The van der Waals surface area contributed by atoms with Crippen LogP contribution >= 0.6 is 0 Å². The summed E-state index contributed by atoms with van der Waals surface area (Å²) in [4.78, 5) is 35.6. The summed E-state index contributed by atoms with van der Waals surface area (Å²) in [6.07, 6.45) is 2.70. The average Bonchev–Trinajstić information content (AvgIpc) is 2.66. The van der Waals surface area contributed by atoms with Gasteiger partial charge in [-0.25, -0.2) is 14.0 Å². The lowest BCUT2D eigenvalue weighted by Crippen LogP contribution is -2.14. The second-order valence-corrected chi connectivity index (χ2v) is 5.12. The molecule has 2 rings (SSSR count). The minimum absolute atomic E-state index is 0.0867. The maximum absolute atomic E-state index is 12.9. The van der Waals surface area contributed by atoms with Gasteiger partial charge in [-0.15, -0.1) is 0 Å². The summed E-state index contributed by atoms with van der Waals surface area (Å²) < 4.78 is 22.2. The van der Waals surface area contributed by atoms with Gasteiger partial charge in [0.1, 0.15) is 5.82 Å². The molecular formula is C19H16FNO5. The van der Waals surface area contributed by atoms with Crippen molar-refractivity contribution in [3.05, 3.63) is 71.0 Å². The van der Waals surface area contributed by atoms with Crippen LogP contribution in [0.3, 0.4) is 0 Å². The molecule has 0 aliphatic carbocycles. The van der Waals surface area contributed by atoms with Crippen LogP contribution in [0, 0.1) is 5.82 Å².